The van der Waals surface area contributed by atoms with Crippen LogP contribution in [-0.4, -0.2) is 41.0 Å². The maximum Gasteiger partial charge on any atom is 0.208 e. The monoisotopic (exact) mass is 198 g/mol. The van der Waals surface area contributed by atoms with Gasteiger partial charge >= 0.3 is 0 Å². The molecule has 0 spiro atoms. The van der Waals surface area contributed by atoms with Gasteiger partial charge in [0.25, 0.3) is 0 Å². The molecule has 0 bridgehead atoms. The van der Waals surface area contributed by atoms with Crippen molar-refractivity contribution in [2.75, 3.05) is 32.6 Å². The minimum absolute atomic E-state index is 0.332. The average Bonchev–Trinajstić information content (AvgIpc) is 1.94. The Morgan fingerprint density at radius 1 is 1.25 bits per heavy atom. The summed E-state index contributed by atoms with van der Waals surface area (Å²) in [5.41, 5.74) is 0. The average molecular weight is 198 g/mol. The molecule has 6 heteroatoms. The molecule has 0 saturated carbocycles. The van der Waals surface area contributed by atoms with E-state index in [1.807, 2.05) is 0 Å². The Balaban J connectivity index is 3.12. The number of nitrogens with one attached hydrogen (secondary N) is 2. The van der Waals surface area contributed by atoms with Gasteiger partial charge < -0.3 is 5.32 Å². The largest absolute Gasteiger partial charge is 0.314 e. The number of rotatable bonds is 7. The van der Waals surface area contributed by atoms with E-state index in [0.717, 1.165) is 6.26 Å². The highest BCUT2D eigenvalue weighted by atomic mass is 32.2. The molecule has 4 nitrogen and oxygen atoms in total. The highest BCUT2D eigenvalue weighted by molar-refractivity contribution is 7.88. The van der Waals surface area contributed by atoms with Crippen LogP contribution in [0.1, 0.15) is 6.42 Å². The Kier molecular flexibility index (Phi) is 6.23. The smallest absolute Gasteiger partial charge is 0.208 e. The number of sulfonamides is 1. The summed E-state index contributed by atoms with van der Waals surface area (Å²) >= 11 is 0. The summed E-state index contributed by atoms with van der Waals surface area (Å²) in [6.07, 6.45) is 1.79. The van der Waals surface area contributed by atoms with Gasteiger partial charge in [-0.25, -0.2) is 17.5 Å². The topological polar surface area (TPSA) is 58.2 Å². The Hall–Kier alpha value is -0.200. The number of alkyl halides is 1. The lowest BCUT2D eigenvalue weighted by molar-refractivity contribution is 0.465. The van der Waals surface area contributed by atoms with E-state index < -0.39 is 10.0 Å². The third-order valence-electron chi connectivity index (χ3n) is 1.17. The van der Waals surface area contributed by atoms with E-state index in [2.05, 4.69) is 10.0 Å². The van der Waals surface area contributed by atoms with Gasteiger partial charge in [-0.1, -0.05) is 0 Å². The van der Waals surface area contributed by atoms with Crippen molar-refractivity contribution < 1.29 is 12.8 Å². The van der Waals surface area contributed by atoms with Gasteiger partial charge in [0, 0.05) is 13.1 Å². The van der Waals surface area contributed by atoms with Crippen LogP contribution in [0.4, 0.5) is 4.39 Å². The van der Waals surface area contributed by atoms with Gasteiger partial charge in [-0.05, 0) is 13.0 Å². The van der Waals surface area contributed by atoms with Crippen LogP contribution in [0.2, 0.25) is 0 Å². The zero-order chi connectivity index (χ0) is 9.45. The molecule has 2 N–H and O–H groups in total. The molecule has 12 heavy (non-hydrogen) atoms. The molecule has 0 radical (unpaired) electrons. The molecule has 0 unspecified atom stereocenters. The predicted octanol–water partition coefficient (Wildman–Crippen LogP) is -0.515. The van der Waals surface area contributed by atoms with Crippen LogP contribution in [0.15, 0.2) is 0 Å². The molecule has 0 saturated heterocycles. The molecule has 0 aliphatic heterocycles. The highest BCUT2D eigenvalue weighted by Gasteiger charge is 1.97. The van der Waals surface area contributed by atoms with E-state index in [9.17, 15) is 12.8 Å². The second-order valence-corrected chi connectivity index (χ2v) is 4.29. The SMILES string of the molecule is CS(=O)(=O)NCCCNCCF. The summed E-state index contributed by atoms with van der Waals surface area (Å²) in [5.74, 6) is 0. The Morgan fingerprint density at radius 3 is 2.42 bits per heavy atom. The van der Waals surface area contributed by atoms with Crippen LogP contribution < -0.4 is 10.0 Å². The van der Waals surface area contributed by atoms with Gasteiger partial charge in [0.2, 0.25) is 10.0 Å². The summed E-state index contributed by atoms with van der Waals surface area (Å²) in [7, 11) is -3.07. The van der Waals surface area contributed by atoms with Gasteiger partial charge in [0.15, 0.2) is 0 Å². The first-order chi connectivity index (χ1) is 5.56. The van der Waals surface area contributed by atoms with Gasteiger partial charge in [0.1, 0.15) is 6.67 Å². The fourth-order valence-corrected chi connectivity index (χ4v) is 1.18. The molecular weight excluding hydrogens is 183 g/mol. The fourth-order valence-electron chi connectivity index (χ4n) is 0.663. The third kappa shape index (κ3) is 9.80. The second-order valence-electron chi connectivity index (χ2n) is 2.46. The van der Waals surface area contributed by atoms with E-state index in [-0.39, 0.29) is 6.67 Å². The number of halogens is 1. The quantitative estimate of drug-likeness (QED) is 0.541. The number of hydrogen-bond acceptors (Lipinski definition) is 3. The zero-order valence-electron chi connectivity index (χ0n) is 7.14. The van der Waals surface area contributed by atoms with Gasteiger partial charge in [-0.15, -0.1) is 0 Å². The van der Waals surface area contributed by atoms with Crippen molar-refractivity contribution in [3.8, 4) is 0 Å². The van der Waals surface area contributed by atoms with E-state index in [0.29, 0.717) is 26.1 Å². The molecule has 0 rings (SSSR count). The Morgan fingerprint density at radius 2 is 1.92 bits per heavy atom. The van der Waals surface area contributed by atoms with Crippen molar-refractivity contribution in [2.45, 2.75) is 6.42 Å². The zero-order valence-corrected chi connectivity index (χ0v) is 7.95. The van der Waals surface area contributed by atoms with Crippen molar-refractivity contribution in [3.63, 3.8) is 0 Å². The van der Waals surface area contributed by atoms with Gasteiger partial charge in [-0.3, -0.25) is 0 Å². The van der Waals surface area contributed by atoms with Gasteiger partial charge in [-0.2, -0.15) is 0 Å². The van der Waals surface area contributed by atoms with Crippen molar-refractivity contribution >= 4 is 10.0 Å². The summed E-state index contributed by atoms with van der Waals surface area (Å²) in [6.45, 7) is 0.975. The van der Waals surface area contributed by atoms with Crippen LogP contribution >= 0.6 is 0 Å². The van der Waals surface area contributed by atoms with Crippen molar-refractivity contribution in [2.24, 2.45) is 0 Å². The summed E-state index contributed by atoms with van der Waals surface area (Å²) in [6, 6.07) is 0. The molecule has 0 heterocycles. The standard InChI is InChI=1S/C6H15FN2O2S/c1-12(10,11)9-5-2-4-8-6-3-7/h8-9H,2-6H2,1H3. The molecule has 0 aromatic carbocycles. The molecular formula is C6H15FN2O2S. The van der Waals surface area contributed by atoms with Crippen molar-refractivity contribution in [3.05, 3.63) is 0 Å². The summed E-state index contributed by atoms with van der Waals surface area (Å²) < 4.78 is 34.9. The van der Waals surface area contributed by atoms with Crippen molar-refractivity contribution in [1.29, 1.82) is 0 Å². The first kappa shape index (κ1) is 11.8. The normalized spacial score (nSPS) is 11.8. The minimum atomic E-state index is -3.07. The van der Waals surface area contributed by atoms with E-state index in [1.165, 1.54) is 0 Å². The molecule has 0 aromatic rings. The third-order valence-corrected chi connectivity index (χ3v) is 1.89. The molecule has 0 aromatic heterocycles. The fraction of sp³-hybridized carbons (Fsp3) is 1.00. The highest BCUT2D eigenvalue weighted by Crippen LogP contribution is 1.77. The first-order valence-corrected chi connectivity index (χ1v) is 5.67. The van der Waals surface area contributed by atoms with Gasteiger partial charge in [0.05, 0.1) is 6.26 Å². The molecule has 0 fully saturated rings. The second kappa shape index (κ2) is 6.33. The predicted molar refractivity (Wildman–Crippen MR) is 46.3 cm³/mol. The summed E-state index contributed by atoms with van der Waals surface area (Å²) in [5, 5.41) is 2.81. The van der Waals surface area contributed by atoms with Crippen LogP contribution in [0.5, 0.6) is 0 Å². The lowest BCUT2D eigenvalue weighted by Crippen LogP contribution is -2.27. The summed E-state index contributed by atoms with van der Waals surface area (Å²) in [4.78, 5) is 0. The minimum Gasteiger partial charge on any atom is -0.314 e. The molecule has 74 valence electrons. The van der Waals surface area contributed by atoms with Crippen LogP contribution in [-0.2, 0) is 10.0 Å². The first-order valence-electron chi connectivity index (χ1n) is 3.77. The van der Waals surface area contributed by atoms with Crippen molar-refractivity contribution in [1.82, 2.24) is 10.0 Å². The molecule has 0 aliphatic rings. The maximum absolute atomic E-state index is 11.5. The molecule has 0 aliphatic carbocycles. The van der Waals surface area contributed by atoms with E-state index >= 15 is 0 Å². The lowest BCUT2D eigenvalue weighted by atomic mass is 10.4. The Bertz CT molecular complexity index is 194. The van der Waals surface area contributed by atoms with Crippen LogP contribution in [0, 0.1) is 0 Å². The van der Waals surface area contributed by atoms with E-state index in [4.69, 9.17) is 0 Å². The van der Waals surface area contributed by atoms with Crippen LogP contribution in [0.3, 0.4) is 0 Å². The van der Waals surface area contributed by atoms with Crippen LogP contribution in [0.25, 0.3) is 0 Å². The maximum atomic E-state index is 11.5. The molecule has 0 amide bonds. The number of hydrogen-bond donors (Lipinski definition) is 2. The van der Waals surface area contributed by atoms with E-state index in [1.54, 1.807) is 0 Å². The Labute approximate surface area is 72.6 Å². The lowest BCUT2D eigenvalue weighted by Gasteiger charge is -2.02. The molecule has 0 atom stereocenters.